The summed E-state index contributed by atoms with van der Waals surface area (Å²) >= 11 is 11.6. The molecular weight excluding hydrogens is 345 g/mol. The smallest absolute Gasteiger partial charge is 0.262 e. The van der Waals surface area contributed by atoms with E-state index in [4.69, 9.17) is 33.9 Å². The van der Waals surface area contributed by atoms with Gasteiger partial charge in [0.05, 0.1) is 10.0 Å². The van der Waals surface area contributed by atoms with Crippen molar-refractivity contribution in [3.05, 3.63) is 27.7 Å². The molecule has 2 rings (SSSR count). The van der Waals surface area contributed by atoms with Crippen LogP contribution >= 0.6 is 33.9 Å². The molecule has 8 heteroatoms. The Hall–Kier alpha value is -0.490. The molecule has 0 saturated heterocycles. The first-order chi connectivity index (χ1) is 9.20. The molecule has 0 heterocycles. The van der Waals surface area contributed by atoms with E-state index in [0.29, 0.717) is 5.92 Å². The van der Waals surface area contributed by atoms with Crippen LogP contribution in [0.3, 0.4) is 0 Å². The molecule has 20 heavy (non-hydrogen) atoms. The molecule has 0 aliphatic heterocycles. The van der Waals surface area contributed by atoms with Gasteiger partial charge in [-0.1, -0.05) is 23.2 Å². The van der Waals surface area contributed by atoms with Crippen LogP contribution in [0.5, 0.6) is 0 Å². The van der Waals surface area contributed by atoms with Gasteiger partial charge in [0, 0.05) is 22.3 Å². The summed E-state index contributed by atoms with van der Waals surface area (Å²) in [5.41, 5.74) is 0.117. The Kier molecular flexibility index (Phi) is 4.54. The highest BCUT2D eigenvalue weighted by Crippen LogP contribution is 2.34. The fourth-order valence-electron chi connectivity index (χ4n) is 1.88. The normalized spacial score (nSPS) is 16.8. The largest absolute Gasteiger partial charge is 0.349 e. The molecule has 0 aromatic heterocycles. The average molecular weight is 357 g/mol. The number of amides is 1. The van der Waals surface area contributed by atoms with Crippen LogP contribution in [0.1, 0.15) is 30.1 Å². The molecule has 110 valence electrons. The maximum absolute atomic E-state index is 12.1. The molecule has 0 spiro atoms. The number of carbonyl (C=O) groups excluding carboxylic acids is 1. The second-order valence-electron chi connectivity index (χ2n) is 4.81. The summed E-state index contributed by atoms with van der Waals surface area (Å²) in [5.74, 6) is 0.0856. The van der Waals surface area contributed by atoms with Crippen LogP contribution in [0.15, 0.2) is 17.0 Å². The molecule has 4 nitrogen and oxygen atoms in total. The van der Waals surface area contributed by atoms with E-state index in [1.807, 2.05) is 6.92 Å². The molecule has 1 unspecified atom stereocenters. The first-order valence-corrected chi connectivity index (χ1v) is 9.01. The van der Waals surface area contributed by atoms with Gasteiger partial charge in [-0.05, 0) is 37.8 Å². The average Bonchev–Trinajstić information content (AvgIpc) is 3.14. The van der Waals surface area contributed by atoms with Crippen molar-refractivity contribution in [2.24, 2.45) is 5.92 Å². The second kappa shape index (κ2) is 5.72. The summed E-state index contributed by atoms with van der Waals surface area (Å²) in [6, 6.07) is 2.49. The molecule has 1 aromatic carbocycles. The second-order valence-corrected chi connectivity index (χ2v) is 8.13. The van der Waals surface area contributed by atoms with Crippen molar-refractivity contribution in [1.82, 2.24) is 5.32 Å². The third-order valence-corrected chi connectivity index (χ3v) is 5.47. The van der Waals surface area contributed by atoms with E-state index in [0.717, 1.165) is 18.9 Å². The number of halogens is 3. The molecular formula is C12H12Cl3NO3S. The van der Waals surface area contributed by atoms with Crippen molar-refractivity contribution in [1.29, 1.82) is 0 Å². The SMILES string of the molecule is CC(NC(=O)c1cc(Cl)c(Cl)c(S(=O)(=O)Cl)c1)C1CC1. The van der Waals surface area contributed by atoms with Gasteiger partial charge in [0.2, 0.25) is 0 Å². The summed E-state index contributed by atoms with van der Waals surface area (Å²) in [7, 11) is 1.21. The van der Waals surface area contributed by atoms with Crippen LogP contribution in [0.25, 0.3) is 0 Å². The van der Waals surface area contributed by atoms with Gasteiger partial charge in [0.15, 0.2) is 0 Å². The number of rotatable bonds is 4. The summed E-state index contributed by atoms with van der Waals surface area (Å²) in [5, 5.41) is 2.59. The van der Waals surface area contributed by atoms with E-state index in [1.54, 1.807) is 0 Å². The molecule has 0 bridgehead atoms. The van der Waals surface area contributed by atoms with E-state index in [9.17, 15) is 13.2 Å². The lowest BCUT2D eigenvalue weighted by Gasteiger charge is -2.13. The molecule has 1 N–H and O–H groups in total. The van der Waals surface area contributed by atoms with Crippen molar-refractivity contribution >= 4 is 48.8 Å². The third-order valence-electron chi connectivity index (χ3n) is 3.21. The van der Waals surface area contributed by atoms with Crippen LogP contribution in [-0.2, 0) is 9.05 Å². The number of hydrogen-bond acceptors (Lipinski definition) is 3. The van der Waals surface area contributed by atoms with Crippen molar-refractivity contribution in [2.75, 3.05) is 0 Å². The van der Waals surface area contributed by atoms with Gasteiger partial charge in [-0.25, -0.2) is 8.42 Å². The molecule has 1 amide bonds. The van der Waals surface area contributed by atoms with Gasteiger partial charge in [0.1, 0.15) is 4.90 Å². The van der Waals surface area contributed by atoms with E-state index < -0.39 is 15.0 Å². The number of carbonyl (C=O) groups is 1. The van der Waals surface area contributed by atoms with Gasteiger partial charge in [-0.3, -0.25) is 4.79 Å². The monoisotopic (exact) mass is 355 g/mol. The number of hydrogen-bond donors (Lipinski definition) is 1. The quantitative estimate of drug-likeness (QED) is 0.840. The zero-order valence-corrected chi connectivity index (χ0v) is 13.6. The van der Waals surface area contributed by atoms with E-state index in [-0.39, 0.29) is 26.5 Å². The van der Waals surface area contributed by atoms with E-state index >= 15 is 0 Å². The maximum atomic E-state index is 12.1. The van der Waals surface area contributed by atoms with E-state index in [1.165, 1.54) is 6.07 Å². The standard InChI is InChI=1S/C12H12Cl3NO3S/c1-6(7-2-3-7)16-12(17)8-4-9(13)11(14)10(5-8)20(15,18)19/h4-7H,2-3H2,1H3,(H,16,17). The third kappa shape index (κ3) is 3.58. The summed E-state index contributed by atoms with van der Waals surface area (Å²) in [6.45, 7) is 1.91. The van der Waals surface area contributed by atoms with Crippen LogP contribution in [0.4, 0.5) is 0 Å². The fourth-order valence-corrected chi connectivity index (χ4v) is 3.64. The Morgan fingerprint density at radius 3 is 2.45 bits per heavy atom. The van der Waals surface area contributed by atoms with Crippen molar-refractivity contribution in [2.45, 2.75) is 30.7 Å². The fraction of sp³-hybridized carbons (Fsp3) is 0.417. The minimum atomic E-state index is -4.07. The Bertz CT molecular complexity index is 656. The van der Waals surface area contributed by atoms with Gasteiger partial charge in [0.25, 0.3) is 15.0 Å². The van der Waals surface area contributed by atoms with Crippen LogP contribution < -0.4 is 5.32 Å². The summed E-state index contributed by atoms with van der Waals surface area (Å²) in [4.78, 5) is 11.7. The maximum Gasteiger partial charge on any atom is 0.262 e. The molecule has 1 aliphatic rings. The lowest BCUT2D eigenvalue weighted by Crippen LogP contribution is -2.34. The van der Waals surface area contributed by atoms with Crippen molar-refractivity contribution < 1.29 is 13.2 Å². The summed E-state index contributed by atoms with van der Waals surface area (Å²) in [6.07, 6.45) is 2.17. The molecule has 1 atom stereocenters. The molecule has 0 radical (unpaired) electrons. The highest BCUT2D eigenvalue weighted by molar-refractivity contribution is 8.13. The van der Waals surface area contributed by atoms with Crippen molar-refractivity contribution in [3.8, 4) is 0 Å². The zero-order valence-electron chi connectivity index (χ0n) is 10.5. The molecule has 1 aliphatic carbocycles. The Balaban J connectivity index is 2.32. The summed E-state index contributed by atoms with van der Waals surface area (Å²) < 4.78 is 22.8. The minimum Gasteiger partial charge on any atom is -0.349 e. The van der Waals surface area contributed by atoms with Gasteiger partial charge in [-0.15, -0.1) is 0 Å². The predicted molar refractivity (Wildman–Crippen MR) is 79.2 cm³/mol. The zero-order chi connectivity index (χ0) is 15.1. The van der Waals surface area contributed by atoms with Gasteiger partial charge in [-0.2, -0.15) is 0 Å². The Morgan fingerprint density at radius 2 is 1.95 bits per heavy atom. The number of benzene rings is 1. The predicted octanol–water partition coefficient (Wildman–Crippen LogP) is 3.45. The lowest BCUT2D eigenvalue weighted by molar-refractivity contribution is 0.0935. The topological polar surface area (TPSA) is 63.2 Å². The highest BCUT2D eigenvalue weighted by Gasteiger charge is 2.29. The van der Waals surface area contributed by atoms with Gasteiger partial charge < -0.3 is 5.32 Å². The lowest BCUT2D eigenvalue weighted by atomic mass is 10.1. The number of nitrogens with one attached hydrogen (secondary N) is 1. The molecule has 1 fully saturated rings. The van der Waals surface area contributed by atoms with Crippen LogP contribution in [0.2, 0.25) is 10.0 Å². The van der Waals surface area contributed by atoms with Crippen molar-refractivity contribution in [3.63, 3.8) is 0 Å². The Labute approximate surface area is 131 Å². The van der Waals surface area contributed by atoms with Crippen LogP contribution in [0, 0.1) is 5.92 Å². The molecule has 1 aromatic rings. The minimum absolute atomic E-state index is 0.0300. The first kappa shape index (κ1) is 15.9. The Morgan fingerprint density at radius 1 is 1.35 bits per heavy atom. The van der Waals surface area contributed by atoms with E-state index in [2.05, 4.69) is 5.32 Å². The molecule has 1 saturated carbocycles. The highest BCUT2D eigenvalue weighted by atomic mass is 35.7. The van der Waals surface area contributed by atoms with Crippen LogP contribution in [-0.4, -0.2) is 20.4 Å². The first-order valence-electron chi connectivity index (χ1n) is 5.94. The van der Waals surface area contributed by atoms with Gasteiger partial charge >= 0.3 is 0 Å².